The van der Waals surface area contributed by atoms with Crippen molar-refractivity contribution in [3.8, 4) is 0 Å². The Kier molecular flexibility index (Phi) is 26.6. The smallest absolute Gasteiger partial charge is 0.280 e. The van der Waals surface area contributed by atoms with Crippen molar-refractivity contribution in [1.82, 2.24) is 0 Å². The minimum absolute atomic E-state index is 0.0417. The maximum absolute atomic E-state index is 4.27. The largest absolute Gasteiger partial charge is 0.560 e. The molecule has 1 radical (unpaired) electrons. The Morgan fingerprint density at radius 2 is 1.05 bits per heavy atom. The summed E-state index contributed by atoms with van der Waals surface area (Å²) >= 11 is 6.44. The zero-order chi connectivity index (χ0) is 14.8. The Morgan fingerprint density at radius 3 is 1.47 bits per heavy atom. The second-order valence-corrected chi connectivity index (χ2v) is 13.5. The number of rotatable bonds is 12. The normalized spacial score (nSPS) is 11.4. The molecule has 0 aliphatic carbocycles. The molecule has 0 aromatic rings. The van der Waals surface area contributed by atoms with Crippen molar-refractivity contribution in [3.05, 3.63) is 6.92 Å². The summed E-state index contributed by atoms with van der Waals surface area (Å²) in [6.45, 7) is 8.83. The van der Waals surface area contributed by atoms with Crippen LogP contribution < -0.4 is 0 Å². The second kappa shape index (κ2) is 22.0. The topological polar surface area (TPSA) is 0 Å². The van der Waals surface area contributed by atoms with Gasteiger partial charge < -0.3 is 0 Å². The van der Waals surface area contributed by atoms with Crippen LogP contribution in [0.3, 0.4) is 0 Å². The molecular weight excluding hydrogens is 376 g/mol. The van der Waals surface area contributed by atoms with E-state index >= 15 is 0 Å². The Bertz CT molecular complexity index is 143. The summed E-state index contributed by atoms with van der Waals surface area (Å²) in [6, 6.07) is 0. The first-order valence-corrected chi connectivity index (χ1v) is 16.0. The molecule has 19 heavy (non-hydrogen) atoms. The van der Waals surface area contributed by atoms with Crippen LogP contribution in [-0.2, 0) is 0 Å². The molecule has 0 spiro atoms. The third kappa shape index (κ3) is 25.1. The first-order chi connectivity index (χ1) is 9.22. The number of halogens is 2. The van der Waals surface area contributed by atoms with Gasteiger partial charge in [0.2, 0.25) is 0 Å². The second-order valence-electron chi connectivity index (χ2n) is 5.37. The molecule has 0 aliphatic heterocycles. The van der Waals surface area contributed by atoms with Gasteiger partial charge in [-0.05, 0) is 5.92 Å². The lowest BCUT2D eigenvalue weighted by Crippen LogP contribution is -1.95. The van der Waals surface area contributed by atoms with E-state index in [0.29, 0.717) is 0 Å². The maximum atomic E-state index is 4.27. The van der Waals surface area contributed by atoms with Crippen molar-refractivity contribution in [3.63, 3.8) is 0 Å². The van der Waals surface area contributed by atoms with E-state index in [4.69, 9.17) is 0 Å². The van der Waals surface area contributed by atoms with Crippen LogP contribution in [0.25, 0.3) is 0 Å². The monoisotopic (exact) mass is 407 g/mol. The van der Waals surface area contributed by atoms with E-state index in [-0.39, 0.29) is 16.0 Å². The van der Waals surface area contributed by atoms with Gasteiger partial charge in [-0.1, -0.05) is 97.8 Å². The third-order valence-electron chi connectivity index (χ3n) is 3.43. The van der Waals surface area contributed by atoms with Crippen molar-refractivity contribution in [2.75, 3.05) is 0 Å². The molecule has 0 N–H and O–H groups in total. The van der Waals surface area contributed by atoms with Gasteiger partial charge in [0.25, 0.3) is 0 Å². The first-order valence-electron chi connectivity index (χ1n) is 8.17. The van der Waals surface area contributed by atoms with Crippen LogP contribution in [0.2, 0.25) is 0 Å². The predicted octanol–water partition coefficient (Wildman–Crippen LogP) is 7.47. The van der Waals surface area contributed by atoms with Crippen molar-refractivity contribution >= 4 is 41.8 Å². The van der Waals surface area contributed by atoms with Crippen LogP contribution in [0.5, 0.6) is 0 Å². The summed E-state index contributed by atoms with van der Waals surface area (Å²) in [5, 5.41) is 0. The highest BCUT2D eigenvalue weighted by molar-refractivity contribution is 9.47. The van der Waals surface area contributed by atoms with Crippen LogP contribution in [0.15, 0.2) is 0 Å². The van der Waals surface area contributed by atoms with Gasteiger partial charge in [0.15, 0.2) is 0 Å². The lowest BCUT2D eigenvalue weighted by molar-refractivity contribution is 0.466. The van der Waals surface area contributed by atoms with Crippen molar-refractivity contribution in [2.24, 2.45) is 5.92 Å². The lowest BCUT2D eigenvalue weighted by Gasteiger charge is -2.10. The fraction of sp³-hybridized carbons (Fsp3) is 0.938. The van der Waals surface area contributed by atoms with Crippen LogP contribution >= 0.6 is 25.8 Å². The minimum Gasteiger partial charge on any atom is -0.280 e. The van der Waals surface area contributed by atoms with Crippen LogP contribution in [0, 0.1) is 12.8 Å². The van der Waals surface area contributed by atoms with E-state index in [1.54, 1.807) is 0 Å². The van der Waals surface area contributed by atoms with E-state index < -0.39 is 0 Å². The molecule has 0 saturated carbocycles. The van der Waals surface area contributed by atoms with E-state index in [0.717, 1.165) is 5.92 Å². The summed E-state index contributed by atoms with van der Waals surface area (Å²) < 4.78 is 0. The Morgan fingerprint density at radius 1 is 0.737 bits per heavy atom. The zero-order valence-electron chi connectivity index (χ0n) is 13.2. The molecular formula is C16H33Br2Mg. The van der Waals surface area contributed by atoms with E-state index in [2.05, 4.69) is 46.5 Å². The molecule has 1 atom stereocenters. The molecule has 0 bridgehead atoms. The van der Waals surface area contributed by atoms with Crippen LogP contribution in [0.4, 0.5) is 0 Å². The lowest BCUT2D eigenvalue weighted by atomic mass is 9.96. The van der Waals surface area contributed by atoms with Crippen molar-refractivity contribution < 1.29 is 0 Å². The first kappa shape index (κ1) is 23.0. The predicted molar refractivity (Wildman–Crippen MR) is 99.2 cm³/mol. The molecule has 0 fully saturated rings. The van der Waals surface area contributed by atoms with Gasteiger partial charge in [-0.25, -0.2) is 0 Å². The minimum atomic E-state index is 0.0417. The van der Waals surface area contributed by atoms with Crippen molar-refractivity contribution in [2.45, 2.75) is 90.9 Å². The Labute approximate surface area is 144 Å². The molecule has 1 unspecified atom stereocenters. The average Bonchev–Trinajstić information content (AvgIpc) is 2.40. The van der Waals surface area contributed by atoms with E-state index in [1.165, 1.54) is 77.0 Å². The fourth-order valence-electron chi connectivity index (χ4n) is 2.22. The highest BCUT2D eigenvalue weighted by Crippen LogP contribution is 2.17. The molecule has 3 heteroatoms. The quantitative estimate of drug-likeness (QED) is 0.232. The van der Waals surface area contributed by atoms with Gasteiger partial charge in [0.05, 0.1) is 0 Å². The molecule has 0 heterocycles. The molecule has 0 nitrogen and oxygen atoms in total. The fourth-order valence-corrected chi connectivity index (χ4v) is 2.22. The SMILES string of the molecule is [Br][Mg][Br].[CH2]C(CCCCCC)CCCCCCCC. The third-order valence-corrected chi connectivity index (χ3v) is 3.43. The molecule has 0 aromatic heterocycles. The molecule has 113 valence electrons. The van der Waals surface area contributed by atoms with Gasteiger partial charge in [0.1, 0.15) is 0 Å². The number of unbranched alkanes of at least 4 members (excludes halogenated alkanes) is 8. The Balaban J connectivity index is 0. The molecule has 0 rings (SSSR count). The van der Waals surface area contributed by atoms with Gasteiger partial charge in [-0.15, -0.1) is 0 Å². The summed E-state index contributed by atoms with van der Waals surface area (Å²) in [4.78, 5) is 0. The van der Waals surface area contributed by atoms with Gasteiger partial charge >= 0.3 is 16.0 Å². The maximum Gasteiger partial charge on any atom is 0.560 e. The highest BCUT2D eigenvalue weighted by atomic mass is 79.9. The molecule has 0 saturated heterocycles. The van der Waals surface area contributed by atoms with Crippen LogP contribution in [-0.4, -0.2) is 16.0 Å². The van der Waals surface area contributed by atoms with E-state index in [1.807, 2.05) is 0 Å². The summed E-state index contributed by atoms with van der Waals surface area (Å²) in [5.74, 6) is 0.725. The molecule has 0 amide bonds. The number of hydrogen-bond donors (Lipinski definition) is 0. The van der Waals surface area contributed by atoms with Crippen molar-refractivity contribution in [1.29, 1.82) is 0 Å². The summed E-state index contributed by atoms with van der Waals surface area (Å²) in [7, 11) is 0. The average molecular weight is 410 g/mol. The highest BCUT2D eigenvalue weighted by Gasteiger charge is 2.01. The van der Waals surface area contributed by atoms with Gasteiger partial charge in [-0.3, -0.25) is 25.8 Å². The van der Waals surface area contributed by atoms with E-state index in [9.17, 15) is 0 Å². The zero-order valence-corrected chi connectivity index (χ0v) is 17.8. The summed E-state index contributed by atoms with van der Waals surface area (Å²) in [5.41, 5.74) is 0. The Hall–Kier alpha value is 1.73. The van der Waals surface area contributed by atoms with Gasteiger partial charge in [-0.2, -0.15) is 0 Å². The molecule has 0 aromatic carbocycles. The van der Waals surface area contributed by atoms with Gasteiger partial charge in [0, 0.05) is 0 Å². The van der Waals surface area contributed by atoms with Crippen LogP contribution in [0.1, 0.15) is 90.9 Å². The summed E-state index contributed by atoms with van der Waals surface area (Å²) in [6.07, 6.45) is 16.8. The number of hydrogen-bond acceptors (Lipinski definition) is 0. The molecule has 0 aliphatic rings. The standard InChI is InChI=1S/C16H33.2BrH.Mg/c1-4-6-8-10-11-13-15-16(3)14-12-9-7-5-2;;;/h16H,3-15H2,1-2H3;2*1H;/q;;;+2/p-2.